The number of likely N-dealkylation sites (tertiary alicyclic amines) is 2. The predicted octanol–water partition coefficient (Wildman–Crippen LogP) is 5.70. The number of nitrogens with one attached hydrogen (secondary N) is 1. The first kappa shape index (κ1) is 21.4. The van der Waals surface area contributed by atoms with Gasteiger partial charge < -0.3 is 10.2 Å². The Morgan fingerprint density at radius 1 is 1.00 bits per heavy atom. The minimum Gasteiger partial charge on any atom is -0.324 e. The lowest BCUT2D eigenvalue weighted by Crippen LogP contribution is -2.64. The molecule has 2 aliphatic heterocycles. The molecule has 0 bridgehead atoms. The van der Waals surface area contributed by atoms with Crippen molar-refractivity contribution in [3.05, 3.63) is 59.4 Å². The standard InChI is InChI=1S/C27H36N4O/c1-20-6-7-23(18-21(20)2)29-26(32)30-16-10-24(11-17-30)31-19-27(12-4-3-5-13-27)25(31)22-8-14-28-15-9-22/h6-9,14-15,18,24-25H,3-5,10-13,16-17,19H2,1-2H3,(H,29,32). The Balaban J connectivity index is 1.22. The fourth-order valence-electron chi connectivity index (χ4n) is 6.32. The van der Waals surface area contributed by atoms with Crippen LogP contribution in [0.5, 0.6) is 0 Å². The number of carbonyl (C=O) groups excluding carboxylic acids is 1. The molecule has 1 saturated carbocycles. The lowest BCUT2D eigenvalue weighted by molar-refractivity contribution is -0.132. The van der Waals surface area contributed by atoms with E-state index >= 15 is 0 Å². The number of aromatic nitrogens is 1. The smallest absolute Gasteiger partial charge is 0.321 e. The fraction of sp³-hybridized carbons (Fsp3) is 0.556. The summed E-state index contributed by atoms with van der Waals surface area (Å²) in [5, 5.41) is 3.10. The van der Waals surface area contributed by atoms with Crippen molar-refractivity contribution in [2.75, 3.05) is 25.0 Å². The lowest BCUT2D eigenvalue weighted by Gasteiger charge is -2.63. The summed E-state index contributed by atoms with van der Waals surface area (Å²) in [6, 6.07) is 11.7. The summed E-state index contributed by atoms with van der Waals surface area (Å²) in [6.45, 7) is 7.06. The first-order chi connectivity index (χ1) is 15.6. The minimum atomic E-state index is 0.0322. The molecule has 1 aliphatic carbocycles. The molecule has 2 amide bonds. The maximum Gasteiger partial charge on any atom is 0.321 e. The van der Waals surface area contributed by atoms with Crippen LogP contribution in [-0.4, -0.2) is 46.5 Å². The van der Waals surface area contributed by atoms with E-state index in [4.69, 9.17) is 0 Å². The van der Waals surface area contributed by atoms with Gasteiger partial charge in [0.1, 0.15) is 0 Å². The number of hydrogen-bond acceptors (Lipinski definition) is 3. The van der Waals surface area contributed by atoms with Crippen molar-refractivity contribution in [1.29, 1.82) is 0 Å². The van der Waals surface area contributed by atoms with Gasteiger partial charge in [0, 0.05) is 55.2 Å². The van der Waals surface area contributed by atoms with Crippen molar-refractivity contribution < 1.29 is 4.79 Å². The van der Waals surface area contributed by atoms with Gasteiger partial charge in [-0.15, -0.1) is 0 Å². The number of piperidine rings is 1. The van der Waals surface area contributed by atoms with Crippen LogP contribution in [0, 0.1) is 19.3 Å². The zero-order valence-electron chi connectivity index (χ0n) is 19.5. The number of pyridine rings is 1. The van der Waals surface area contributed by atoms with Crippen LogP contribution in [0.4, 0.5) is 10.5 Å². The number of nitrogens with zero attached hydrogens (tertiary/aromatic N) is 3. The van der Waals surface area contributed by atoms with Crippen molar-refractivity contribution in [1.82, 2.24) is 14.8 Å². The van der Waals surface area contributed by atoms with E-state index in [0.717, 1.165) is 31.6 Å². The van der Waals surface area contributed by atoms with E-state index in [0.29, 0.717) is 17.5 Å². The van der Waals surface area contributed by atoms with Crippen LogP contribution in [-0.2, 0) is 0 Å². The highest BCUT2D eigenvalue weighted by Gasteiger charge is 2.55. The van der Waals surface area contributed by atoms with E-state index in [-0.39, 0.29) is 6.03 Å². The normalized spacial score (nSPS) is 23.7. The minimum absolute atomic E-state index is 0.0322. The lowest BCUT2D eigenvalue weighted by atomic mass is 9.60. The molecule has 170 valence electrons. The summed E-state index contributed by atoms with van der Waals surface area (Å²) in [4.78, 5) is 21.8. The Bertz CT molecular complexity index is 945. The van der Waals surface area contributed by atoms with Gasteiger partial charge in [-0.1, -0.05) is 25.3 Å². The van der Waals surface area contributed by atoms with Gasteiger partial charge in [0.15, 0.2) is 0 Å². The number of rotatable bonds is 3. The summed E-state index contributed by atoms with van der Waals surface area (Å²) in [6.07, 6.45) is 12.8. The Labute approximate surface area is 192 Å². The molecule has 1 unspecified atom stereocenters. The number of carbonyl (C=O) groups is 1. The molecule has 2 aromatic rings. The molecule has 1 aromatic carbocycles. The first-order valence-electron chi connectivity index (χ1n) is 12.3. The van der Waals surface area contributed by atoms with Crippen LogP contribution >= 0.6 is 0 Å². The molecule has 3 fully saturated rings. The molecule has 1 aromatic heterocycles. The molecule has 1 N–H and O–H groups in total. The zero-order valence-corrected chi connectivity index (χ0v) is 19.5. The van der Waals surface area contributed by atoms with Gasteiger partial charge in [-0.25, -0.2) is 4.79 Å². The average Bonchev–Trinajstić information content (AvgIpc) is 2.81. The monoisotopic (exact) mass is 432 g/mol. The Morgan fingerprint density at radius 2 is 1.72 bits per heavy atom. The molecule has 5 heteroatoms. The summed E-state index contributed by atoms with van der Waals surface area (Å²) in [5.41, 5.74) is 5.23. The molecule has 5 rings (SSSR count). The third-order valence-electron chi connectivity index (χ3n) is 8.26. The van der Waals surface area contributed by atoms with Gasteiger partial charge in [-0.2, -0.15) is 0 Å². The van der Waals surface area contributed by atoms with Crippen LogP contribution in [0.2, 0.25) is 0 Å². The number of anilines is 1. The maximum atomic E-state index is 12.8. The van der Waals surface area contributed by atoms with Crippen LogP contribution in [0.1, 0.15) is 67.7 Å². The van der Waals surface area contributed by atoms with Crippen molar-refractivity contribution in [3.63, 3.8) is 0 Å². The molecular weight excluding hydrogens is 396 g/mol. The number of hydrogen-bond donors (Lipinski definition) is 1. The van der Waals surface area contributed by atoms with Crippen molar-refractivity contribution in [3.8, 4) is 0 Å². The first-order valence-corrected chi connectivity index (χ1v) is 12.3. The molecule has 3 heterocycles. The number of amides is 2. The second-order valence-electron chi connectivity index (χ2n) is 10.2. The van der Waals surface area contributed by atoms with Crippen LogP contribution in [0.25, 0.3) is 0 Å². The van der Waals surface area contributed by atoms with Crippen molar-refractivity contribution in [2.45, 2.75) is 70.9 Å². The third kappa shape index (κ3) is 4.03. The molecule has 3 aliphatic rings. The molecule has 5 nitrogen and oxygen atoms in total. The van der Waals surface area contributed by atoms with Gasteiger partial charge in [-0.3, -0.25) is 9.88 Å². The van der Waals surface area contributed by atoms with E-state index in [1.165, 1.54) is 55.3 Å². The number of benzene rings is 1. The topological polar surface area (TPSA) is 48.5 Å². The highest BCUT2D eigenvalue weighted by Crippen LogP contribution is 2.58. The van der Waals surface area contributed by atoms with Crippen molar-refractivity contribution in [2.24, 2.45) is 5.41 Å². The molecular formula is C27H36N4O. The highest BCUT2D eigenvalue weighted by molar-refractivity contribution is 5.89. The van der Waals surface area contributed by atoms with Gasteiger partial charge in [-0.05, 0) is 80.5 Å². The Kier molecular flexibility index (Phi) is 5.93. The molecule has 1 atom stereocenters. The van der Waals surface area contributed by atoms with Crippen molar-refractivity contribution >= 4 is 11.7 Å². The molecule has 0 radical (unpaired) electrons. The van der Waals surface area contributed by atoms with Gasteiger partial charge in [0.05, 0.1) is 0 Å². The second kappa shape index (κ2) is 8.86. The molecule has 2 saturated heterocycles. The van der Waals surface area contributed by atoms with Crippen LogP contribution in [0.15, 0.2) is 42.7 Å². The van der Waals surface area contributed by atoms with Crippen LogP contribution in [0.3, 0.4) is 0 Å². The van der Waals surface area contributed by atoms with E-state index in [9.17, 15) is 4.79 Å². The summed E-state index contributed by atoms with van der Waals surface area (Å²) >= 11 is 0. The Hall–Kier alpha value is -2.40. The summed E-state index contributed by atoms with van der Waals surface area (Å²) in [7, 11) is 0. The number of aryl methyl sites for hydroxylation is 2. The van der Waals surface area contributed by atoms with Gasteiger partial charge in [0.2, 0.25) is 0 Å². The summed E-state index contributed by atoms with van der Waals surface area (Å²) in [5.74, 6) is 0. The van der Waals surface area contributed by atoms with Gasteiger partial charge >= 0.3 is 6.03 Å². The maximum absolute atomic E-state index is 12.8. The van der Waals surface area contributed by atoms with Gasteiger partial charge in [0.25, 0.3) is 0 Å². The molecule has 32 heavy (non-hydrogen) atoms. The molecule has 1 spiro atoms. The van der Waals surface area contributed by atoms with E-state index < -0.39 is 0 Å². The van der Waals surface area contributed by atoms with Crippen LogP contribution < -0.4 is 5.32 Å². The largest absolute Gasteiger partial charge is 0.324 e. The zero-order chi connectivity index (χ0) is 22.1. The predicted molar refractivity (Wildman–Crippen MR) is 129 cm³/mol. The Morgan fingerprint density at radius 3 is 2.41 bits per heavy atom. The second-order valence-corrected chi connectivity index (χ2v) is 10.2. The fourth-order valence-corrected chi connectivity index (χ4v) is 6.32. The third-order valence-corrected chi connectivity index (χ3v) is 8.26. The van der Waals surface area contributed by atoms with E-state index in [1.54, 1.807) is 0 Å². The van der Waals surface area contributed by atoms with E-state index in [2.05, 4.69) is 53.3 Å². The summed E-state index contributed by atoms with van der Waals surface area (Å²) < 4.78 is 0. The average molecular weight is 433 g/mol. The number of urea groups is 1. The SMILES string of the molecule is Cc1ccc(NC(=O)N2CCC(N3CC4(CCCCC4)C3c3ccncc3)CC2)cc1C. The van der Waals surface area contributed by atoms with E-state index in [1.807, 2.05) is 23.4 Å². The highest BCUT2D eigenvalue weighted by atomic mass is 16.2. The quantitative estimate of drug-likeness (QED) is 0.677.